The number of rotatable bonds is 7. The number of benzene rings is 3. The van der Waals surface area contributed by atoms with Gasteiger partial charge in [-0.15, -0.1) is 0 Å². The van der Waals surface area contributed by atoms with Gasteiger partial charge in [0.25, 0.3) is 0 Å². The maximum absolute atomic E-state index is 12.3. The van der Waals surface area contributed by atoms with Gasteiger partial charge < -0.3 is 14.6 Å². The van der Waals surface area contributed by atoms with Gasteiger partial charge in [-0.3, -0.25) is 9.88 Å². The second-order valence-corrected chi connectivity index (χ2v) is 10.0. The first-order valence-corrected chi connectivity index (χ1v) is 13.2. The van der Waals surface area contributed by atoms with Gasteiger partial charge in [0.2, 0.25) is 0 Å². The third kappa shape index (κ3) is 4.41. The van der Waals surface area contributed by atoms with E-state index in [2.05, 4.69) is 28.1 Å². The number of carboxylic acids is 1. The van der Waals surface area contributed by atoms with E-state index in [-0.39, 0.29) is 17.4 Å². The topological polar surface area (TPSA) is 86.8 Å². The molecule has 2 N–H and O–H groups in total. The molecule has 1 fully saturated rings. The van der Waals surface area contributed by atoms with E-state index < -0.39 is 5.97 Å². The van der Waals surface area contributed by atoms with Gasteiger partial charge >= 0.3 is 5.97 Å². The summed E-state index contributed by atoms with van der Waals surface area (Å²) in [4.78, 5) is 19.3. The molecular formula is C32H30N2O4. The Morgan fingerprint density at radius 2 is 1.68 bits per heavy atom. The Labute approximate surface area is 221 Å². The Bertz CT molecular complexity index is 1600. The number of carboxylic acid groups (broad SMARTS) is 1. The van der Waals surface area contributed by atoms with Gasteiger partial charge in [0, 0.05) is 33.6 Å². The summed E-state index contributed by atoms with van der Waals surface area (Å²) in [5, 5.41) is 23.7. The quantitative estimate of drug-likeness (QED) is 0.254. The number of piperidine rings is 1. The van der Waals surface area contributed by atoms with Crippen molar-refractivity contribution in [3.8, 4) is 5.75 Å². The number of hydrogen-bond donors (Lipinski definition) is 2. The third-order valence-corrected chi connectivity index (χ3v) is 7.67. The third-order valence-electron chi connectivity index (χ3n) is 7.67. The van der Waals surface area contributed by atoms with Gasteiger partial charge in [0.05, 0.1) is 6.04 Å². The van der Waals surface area contributed by atoms with Gasteiger partial charge in [0.15, 0.2) is 0 Å². The number of aromatic carboxylic acids is 1. The molecule has 6 heteroatoms. The summed E-state index contributed by atoms with van der Waals surface area (Å²) in [5.41, 5.74) is 4.37. The molecule has 0 aliphatic carbocycles. The molecule has 0 spiro atoms. The average Bonchev–Trinajstić information content (AvgIpc) is 3.41. The summed E-state index contributed by atoms with van der Waals surface area (Å²) in [6, 6.07) is 21.6. The van der Waals surface area contributed by atoms with Crippen LogP contribution in [0.1, 0.15) is 58.0 Å². The molecule has 0 saturated carbocycles. The van der Waals surface area contributed by atoms with Crippen LogP contribution in [-0.4, -0.2) is 39.2 Å². The number of phenolic OH excluding ortho intramolecular Hbond substituents is 1. The van der Waals surface area contributed by atoms with Crippen molar-refractivity contribution in [2.75, 3.05) is 13.1 Å². The van der Waals surface area contributed by atoms with Gasteiger partial charge in [0.1, 0.15) is 23.2 Å². The van der Waals surface area contributed by atoms with Crippen LogP contribution >= 0.6 is 0 Å². The number of nitrogens with zero attached hydrogens (tertiary/aromatic N) is 2. The highest BCUT2D eigenvalue weighted by Gasteiger charge is 2.33. The minimum absolute atomic E-state index is 0.0661. The summed E-state index contributed by atoms with van der Waals surface area (Å²) < 4.78 is 5.88. The zero-order valence-electron chi connectivity index (χ0n) is 21.1. The number of hydrogen-bond acceptors (Lipinski definition) is 5. The lowest BCUT2D eigenvalue weighted by Crippen LogP contribution is -2.34. The standard InChI is InChI=1S/C32H30N2O4/c35-30-24-11-5-6-12-25(24)31-27(26(20-38-31)32(36)37)28(30)29(34-17-7-2-8-18-34)22-15-16-33-23(19-22)14-13-21-9-3-1-4-10-21/h1,3-6,9-12,15-16,19-20,29,35H,2,7-8,13-14,17-18H2,(H,36,37). The molecule has 1 aliphatic rings. The van der Waals surface area contributed by atoms with Gasteiger partial charge in [-0.25, -0.2) is 4.79 Å². The fraction of sp³-hybridized carbons (Fsp3) is 0.250. The Hall–Kier alpha value is -4.16. The number of phenols is 1. The highest BCUT2D eigenvalue weighted by molar-refractivity contribution is 6.15. The summed E-state index contributed by atoms with van der Waals surface area (Å²) in [5.74, 6) is -0.967. The van der Waals surface area contributed by atoms with E-state index in [4.69, 9.17) is 4.42 Å². The zero-order chi connectivity index (χ0) is 26.1. The van der Waals surface area contributed by atoms with Crippen LogP contribution in [-0.2, 0) is 12.8 Å². The van der Waals surface area contributed by atoms with Crippen molar-refractivity contribution >= 4 is 27.7 Å². The largest absolute Gasteiger partial charge is 0.507 e. The monoisotopic (exact) mass is 506 g/mol. The van der Waals surface area contributed by atoms with Crippen LogP contribution in [0.2, 0.25) is 0 Å². The highest BCUT2D eigenvalue weighted by atomic mass is 16.4. The number of aryl methyl sites for hydroxylation is 2. The Kier molecular flexibility index (Phi) is 6.56. The first-order valence-electron chi connectivity index (χ1n) is 13.2. The maximum atomic E-state index is 12.3. The molecule has 5 aromatic rings. The van der Waals surface area contributed by atoms with E-state index in [9.17, 15) is 15.0 Å². The highest BCUT2D eigenvalue weighted by Crippen LogP contribution is 2.46. The number of fused-ring (bicyclic) bond motifs is 3. The van der Waals surface area contributed by atoms with E-state index in [0.717, 1.165) is 56.5 Å². The normalized spacial score (nSPS) is 15.2. The van der Waals surface area contributed by atoms with E-state index in [1.54, 1.807) is 0 Å². The van der Waals surface area contributed by atoms with Crippen molar-refractivity contribution in [3.05, 3.63) is 107 Å². The molecule has 192 valence electrons. The van der Waals surface area contributed by atoms with E-state index >= 15 is 0 Å². The predicted molar refractivity (Wildman–Crippen MR) is 148 cm³/mol. The van der Waals surface area contributed by atoms with Crippen molar-refractivity contribution in [1.82, 2.24) is 9.88 Å². The van der Waals surface area contributed by atoms with E-state index in [1.807, 2.05) is 54.7 Å². The molecule has 6 rings (SSSR count). The summed E-state index contributed by atoms with van der Waals surface area (Å²) in [6.45, 7) is 1.72. The van der Waals surface area contributed by atoms with Crippen LogP contribution in [0.5, 0.6) is 5.75 Å². The predicted octanol–water partition coefficient (Wildman–Crippen LogP) is 6.75. The average molecular weight is 507 g/mol. The lowest BCUT2D eigenvalue weighted by atomic mass is 9.88. The van der Waals surface area contributed by atoms with Gasteiger partial charge in [-0.2, -0.15) is 0 Å². The smallest absolute Gasteiger partial charge is 0.339 e. The minimum atomic E-state index is -1.07. The van der Waals surface area contributed by atoms with Gasteiger partial charge in [-0.1, -0.05) is 61.0 Å². The van der Waals surface area contributed by atoms with Crippen molar-refractivity contribution < 1.29 is 19.4 Å². The number of furan rings is 1. The van der Waals surface area contributed by atoms with E-state index in [0.29, 0.717) is 27.3 Å². The molecular weight excluding hydrogens is 476 g/mol. The molecule has 3 aromatic carbocycles. The molecule has 6 nitrogen and oxygen atoms in total. The molecule has 0 radical (unpaired) electrons. The molecule has 0 bridgehead atoms. The number of pyridine rings is 1. The van der Waals surface area contributed by atoms with Crippen LogP contribution in [0, 0.1) is 0 Å². The van der Waals surface area contributed by atoms with E-state index in [1.165, 1.54) is 11.8 Å². The first-order chi connectivity index (χ1) is 18.6. The van der Waals surface area contributed by atoms with Crippen LogP contribution in [0.15, 0.2) is 83.6 Å². The van der Waals surface area contributed by atoms with Crippen LogP contribution < -0.4 is 0 Å². The van der Waals surface area contributed by atoms with Crippen molar-refractivity contribution in [2.24, 2.45) is 0 Å². The second kappa shape index (κ2) is 10.3. The molecule has 0 amide bonds. The summed E-state index contributed by atoms with van der Waals surface area (Å²) in [7, 11) is 0. The Balaban J connectivity index is 1.53. The van der Waals surface area contributed by atoms with Crippen molar-refractivity contribution in [2.45, 2.75) is 38.1 Å². The molecule has 1 saturated heterocycles. The van der Waals surface area contributed by atoms with Crippen LogP contribution in [0.3, 0.4) is 0 Å². The van der Waals surface area contributed by atoms with Gasteiger partial charge in [-0.05, 0) is 62.0 Å². The molecule has 1 unspecified atom stereocenters. The maximum Gasteiger partial charge on any atom is 0.339 e. The number of aromatic nitrogens is 1. The molecule has 38 heavy (non-hydrogen) atoms. The fourth-order valence-corrected chi connectivity index (χ4v) is 5.86. The lowest BCUT2D eigenvalue weighted by molar-refractivity contribution is 0.0698. The summed E-state index contributed by atoms with van der Waals surface area (Å²) in [6.07, 6.45) is 8.06. The first kappa shape index (κ1) is 24.2. The SMILES string of the molecule is O=C(O)c1coc2c1c(C(c1ccnc(CCc3ccccc3)c1)N1CCCCC1)c(O)c1ccccc12. The Morgan fingerprint density at radius 1 is 0.947 bits per heavy atom. The van der Waals surface area contributed by atoms with Crippen molar-refractivity contribution in [3.63, 3.8) is 0 Å². The molecule has 1 atom stereocenters. The number of aromatic hydroxyl groups is 1. The van der Waals surface area contributed by atoms with Crippen LogP contribution in [0.25, 0.3) is 21.7 Å². The second-order valence-electron chi connectivity index (χ2n) is 10.0. The fourth-order valence-electron chi connectivity index (χ4n) is 5.86. The van der Waals surface area contributed by atoms with Crippen LogP contribution in [0.4, 0.5) is 0 Å². The molecule has 1 aliphatic heterocycles. The van der Waals surface area contributed by atoms with Crippen molar-refractivity contribution in [1.29, 1.82) is 0 Å². The molecule has 2 aromatic heterocycles. The molecule has 3 heterocycles. The minimum Gasteiger partial charge on any atom is -0.507 e. The zero-order valence-corrected chi connectivity index (χ0v) is 21.1. The summed E-state index contributed by atoms with van der Waals surface area (Å²) >= 11 is 0. The number of likely N-dealkylation sites (tertiary alicyclic amines) is 1. The Morgan fingerprint density at radius 3 is 2.45 bits per heavy atom. The lowest BCUT2D eigenvalue weighted by Gasteiger charge is -2.36. The number of carbonyl (C=O) groups is 1.